The third-order valence-electron chi connectivity index (χ3n) is 6.76. The number of aromatic nitrogens is 2. The molecule has 0 unspecified atom stereocenters. The van der Waals surface area contributed by atoms with Crippen molar-refractivity contribution >= 4 is 51.7 Å². The fraction of sp³-hybridized carbons (Fsp3) is 0.500. The normalized spacial score (nSPS) is 23.2. The number of fused-ring (bicyclic) bond motifs is 1. The van der Waals surface area contributed by atoms with E-state index in [4.69, 9.17) is 21.9 Å². The number of anilines is 1. The lowest BCUT2D eigenvalue weighted by atomic mass is 9.94. The molecule has 1 aliphatic carbocycles. The van der Waals surface area contributed by atoms with Gasteiger partial charge in [0.05, 0.1) is 23.1 Å². The Morgan fingerprint density at radius 2 is 2.03 bits per heavy atom. The number of carbonyl (C=O) groups is 1. The number of ether oxygens (including phenoxy) is 1. The molecular formula is C24H28N4O3S2. The van der Waals surface area contributed by atoms with Crippen molar-refractivity contribution in [2.24, 2.45) is 0 Å². The summed E-state index contributed by atoms with van der Waals surface area (Å²) in [6, 6.07) is 5.86. The van der Waals surface area contributed by atoms with Crippen molar-refractivity contribution < 1.29 is 9.53 Å². The SMILES string of the molecule is CN(c1nc2ccccn2c(=O)c1/C=C1/SC(=S)N(C[C@H]2CCCO2)C1=O)C1CCCCC1. The van der Waals surface area contributed by atoms with Crippen molar-refractivity contribution in [3.63, 3.8) is 0 Å². The number of carbonyl (C=O) groups excluding carboxylic acids is 1. The molecule has 1 amide bonds. The minimum atomic E-state index is -0.178. The highest BCUT2D eigenvalue weighted by atomic mass is 32.2. The Morgan fingerprint density at radius 3 is 2.79 bits per heavy atom. The second-order valence-electron chi connectivity index (χ2n) is 8.91. The van der Waals surface area contributed by atoms with Crippen LogP contribution in [0.4, 0.5) is 5.82 Å². The van der Waals surface area contributed by atoms with Gasteiger partial charge in [0.2, 0.25) is 0 Å². The number of hydrogen-bond acceptors (Lipinski definition) is 7. The highest BCUT2D eigenvalue weighted by molar-refractivity contribution is 8.26. The highest BCUT2D eigenvalue weighted by Gasteiger charge is 2.35. The molecule has 0 N–H and O–H groups in total. The van der Waals surface area contributed by atoms with Crippen molar-refractivity contribution in [1.29, 1.82) is 0 Å². The third-order valence-corrected chi connectivity index (χ3v) is 8.14. The quantitative estimate of drug-likeness (QED) is 0.472. The summed E-state index contributed by atoms with van der Waals surface area (Å²) in [5.41, 5.74) is 0.857. The van der Waals surface area contributed by atoms with Crippen molar-refractivity contribution in [2.75, 3.05) is 25.1 Å². The van der Waals surface area contributed by atoms with Gasteiger partial charge in [0.15, 0.2) is 0 Å². The van der Waals surface area contributed by atoms with Crippen molar-refractivity contribution in [2.45, 2.75) is 57.1 Å². The minimum Gasteiger partial charge on any atom is -0.376 e. The van der Waals surface area contributed by atoms with Crippen LogP contribution in [-0.4, -0.2) is 56.9 Å². The summed E-state index contributed by atoms with van der Waals surface area (Å²) < 4.78 is 7.75. The Bertz CT molecular complexity index is 1170. The first-order valence-electron chi connectivity index (χ1n) is 11.6. The molecule has 0 spiro atoms. The van der Waals surface area contributed by atoms with E-state index in [2.05, 4.69) is 4.90 Å². The van der Waals surface area contributed by atoms with Crippen molar-refractivity contribution in [1.82, 2.24) is 14.3 Å². The summed E-state index contributed by atoms with van der Waals surface area (Å²) in [5, 5.41) is 0. The lowest BCUT2D eigenvalue weighted by Crippen LogP contribution is -2.36. The lowest BCUT2D eigenvalue weighted by molar-refractivity contribution is -0.123. The van der Waals surface area contributed by atoms with E-state index in [0.717, 1.165) is 32.3 Å². The van der Waals surface area contributed by atoms with E-state index in [1.165, 1.54) is 35.4 Å². The highest BCUT2D eigenvalue weighted by Crippen LogP contribution is 2.35. The van der Waals surface area contributed by atoms with Crippen LogP contribution in [0.5, 0.6) is 0 Å². The second kappa shape index (κ2) is 9.56. The molecular weight excluding hydrogens is 456 g/mol. The number of thioether (sulfide) groups is 1. The minimum absolute atomic E-state index is 0.0211. The van der Waals surface area contributed by atoms with Gasteiger partial charge in [0, 0.05) is 25.9 Å². The van der Waals surface area contributed by atoms with Gasteiger partial charge in [-0.05, 0) is 43.9 Å². The molecule has 0 bridgehead atoms. The summed E-state index contributed by atoms with van der Waals surface area (Å²) in [7, 11) is 2.01. The number of nitrogens with zero attached hydrogens (tertiary/aromatic N) is 4. The molecule has 33 heavy (non-hydrogen) atoms. The molecule has 2 saturated heterocycles. The fourth-order valence-electron chi connectivity index (χ4n) is 4.91. The molecule has 3 aliphatic rings. The molecule has 2 aromatic rings. The first kappa shape index (κ1) is 22.6. The zero-order chi connectivity index (χ0) is 22.9. The van der Waals surface area contributed by atoms with Crippen LogP contribution in [-0.2, 0) is 9.53 Å². The van der Waals surface area contributed by atoms with E-state index in [9.17, 15) is 9.59 Å². The molecule has 1 atom stereocenters. The van der Waals surface area contributed by atoms with E-state index >= 15 is 0 Å². The number of pyridine rings is 1. The van der Waals surface area contributed by atoms with Crippen molar-refractivity contribution in [3.8, 4) is 0 Å². The number of thiocarbonyl (C=S) groups is 1. The largest absolute Gasteiger partial charge is 0.376 e. The Hall–Kier alpha value is -2.23. The van der Waals surface area contributed by atoms with Gasteiger partial charge in [-0.25, -0.2) is 4.98 Å². The van der Waals surface area contributed by atoms with Crippen LogP contribution in [0.3, 0.4) is 0 Å². The monoisotopic (exact) mass is 484 g/mol. The van der Waals surface area contributed by atoms with Crippen LogP contribution < -0.4 is 10.5 Å². The molecule has 0 aromatic carbocycles. The van der Waals surface area contributed by atoms with E-state index in [0.29, 0.717) is 38.8 Å². The maximum Gasteiger partial charge on any atom is 0.267 e. The predicted molar refractivity (Wildman–Crippen MR) is 136 cm³/mol. The van der Waals surface area contributed by atoms with Gasteiger partial charge in [-0.3, -0.25) is 18.9 Å². The molecule has 5 rings (SSSR count). The summed E-state index contributed by atoms with van der Waals surface area (Å²) >= 11 is 6.75. The van der Waals surface area contributed by atoms with Gasteiger partial charge >= 0.3 is 0 Å². The standard InChI is InChI=1S/C24H28N4O3S2/c1-26(16-8-3-2-4-9-16)21-18(22(29)27-12-6-5-11-20(27)25-21)14-19-23(30)28(24(32)33-19)15-17-10-7-13-31-17/h5-6,11-12,14,16-17H,2-4,7-10,13,15H2,1H3/b19-14+/t17-/m1/s1. The Balaban J connectivity index is 1.54. The average Bonchev–Trinajstić information content (AvgIpc) is 3.45. The zero-order valence-corrected chi connectivity index (χ0v) is 20.4. The first-order chi connectivity index (χ1) is 16.0. The Labute approximate surface area is 202 Å². The first-order valence-corrected chi connectivity index (χ1v) is 12.9. The Kier molecular flexibility index (Phi) is 6.53. The van der Waals surface area contributed by atoms with E-state index in [-0.39, 0.29) is 17.6 Å². The summed E-state index contributed by atoms with van der Waals surface area (Å²) in [4.78, 5) is 35.8. The Morgan fingerprint density at radius 1 is 1.21 bits per heavy atom. The third kappa shape index (κ3) is 4.46. The molecule has 4 heterocycles. The van der Waals surface area contributed by atoms with Crippen LogP contribution in [0.1, 0.15) is 50.5 Å². The molecule has 0 radical (unpaired) electrons. The topological polar surface area (TPSA) is 67.2 Å². The molecule has 9 heteroatoms. The number of rotatable bonds is 5. The fourth-order valence-corrected chi connectivity index (χ4v) is 6.16. The van der Waals surface area contributed by atoms with Crippen LogP contribution in [0, 0.1) is 0 Å². The van der Waals surface area contributed by atoms with Gasteiger partial charge in [0.25, 0.3) is 11.5 Å². The van der Waals surface area contributed by atoms with Gasteiger partial charge < -0.3 is 9.64 Å². The summed E-state index contributed by atoms with van der Waals surface area (Å²) in [6.45, 7) is 1.19. The van der Waals surface area contributed by atoms with Crippen LogP contribution in [0.15, 0.2) is 34.1 Å². The zero-order valence-electron chi connectivity index (χ0n) is 18.7. The van der Waals surface area contributed by atoms with Gasteiger partial charge in [-0.2, -0.15) is 0 Å². The average molecular weight is 485 g/mol. The van der Waals surface area contributed by atoms with Gasteiger partial charge in [-0.15, -0.1) is 0 Å². The van der Waals surface area contributed by atoms with Crippen molar-refractivity contribution in [3.05, 3.63) is 45.2 Å². The maximum atomic E-state index is 13.5. The molecule has 7 nitrogen and oxygen atoms in total. The maximum absolute atomic E-state index is 13.5. The van der Waals surface area contributed by atoms with E-state index in [1.807, 2.05) is 25.2 Å². The van der Waals surface area contributed by atoms with E-state index < -0.39 is 0 Å². The van der Waals surface area contributed by atoms with Crippen LogP contribution >= 0.6 is 24.0 Å². The molecule has 1 saturated carbocycles. The molecule has 174 valence electrons. The second-order valence-corrected chi connectivity index (χ2v) is 10.6. The smallest absolute Gasteiger partial charge is 0.267 e. The van der Waals surface area contributed by atoms with Gasteiger partial charge in [0.1, 0.15) is 15.8 Å². The molecule has 3 fully saturated rings. The number of hydrogen-bond donors (Lipinski definition) is 0. The van der Waals surface area contributed by atoms with Crippen LogP contribution in [0.2, 0.25) is 0 Å². The van der Waals surface area contributed by atoms with Gasteiger partial charge in [-0.1, -0.05) is 49.3 Å². The summed E-state index contributed by atoms with van der Waals surface area (Å²) in [5.74, 6) is 0.465. The predicted octanol–water partition coefficient (Wildman–Crippen LogP) is 3.84. The molecule has 2 aromatic heterocycles. The lowest BCUT2D eigenvalue weighted by Gasteiger charge is -2.33. The van der Waals surface area contributed by atoms with Crippen LogP contribution in [0.25, 0.3) is 11.7 Å². The summed E-state index contributed by atoms with van der Waals surface area (Å²) in [6.07, 6.45) is 11.1. The number of amides is 1. The molecule has 2 aliphatic heterocycles. The van der Waals surface area contributed by atoms with E-state index in [1.54, 1.807) is 17.2 Å².